The Morgan fingerprint density at radius 3 is 2.79 bits per heavy atom. The molecule has 1 aromatic carbocycles. The van der Waals surface area contributed by atoms with Crippen molar-refractivity contribution in [2.45, 2.75) is 32.5 Å². The van der Waals surface area contributed by atoms with Crippen molar-refractivity contribution in [2.24, 2.45) is 11.0 Å². The zero-order valence-electron chi connectivity index (χ0n) is 17.6. The first-order valence-corrected chi connectivity index (χ1v) is 11.0. The van der Waals surface area contributed by atoms with Crippen LogP contribution in [0.2, 0.25) is 5.02 Å². The number of benzene rings is 1. The lowest BCUT2D eigenvalue weighted by atomic mass is 10.1. The fourth-order valence-corrected chi connectivity index (χ4v) is 3.80. The molecule has 1 aliphatic rings. The predicted molar refractivity (Wildman–Crippen MR) is 126 cm³/mol. The minimum absolute atomic E-state index is 0.207. The minimum Gasteiger partial charge on any atom is -0.278 e. The SMILES string of the molecule is O=c1cc(N/N=C/c2ccnc3ccc(Cl)cc23)n(CC2CC2)c(=O)n1CCn1ccnn1. The second-order valence-corrected chi connectivity index (χ2v) is 8.39. The second kappa shape index (κ2) is 8.99. The molecule has 33 heavy (non-hydrogen) atoms. The lowest BCUT2D eigenvalue weighted by Crippen LogP contribution is -2.41. The van der Waals surface area contributed by atoms with Crippen molar-refractivity contribution in [3.8, 4) is 0 Å². The van der Waals surface area contributed by atoms with Gasteiger partial charge in [-0.15, -0.1) is 5.10 Å². The van der Waals surface area contributed by atoms with Gasteiger partial charge >= 0.3 is 5.69 Å². The zero-order chi connectivity index (χ0) is 22.8. The Labute approximate surface area is 193 Å². The van der Waals surface area contributed by atoms with Crippen LogP contribution in [0.25, 0.3) is 10.9 Å². The van der Waals surface area contributed by atoms with Gasteiger partial charge in [0.2, 0.25) is 0 Å². The van der Waals surface area contributed by atoms with Crippen LogP contribution in [0.1, 0.15) is 18.4 Å². The summed E-state index contributed by atoms with van der Waals surface area (Å²) in [6.45, 7) is 1.12. The first-order chi connectivity index (χ1) is 16.1. The zero-order valence-corrected chi connectivity index (χ0v) is 18.4. The molecular formula is C22H21ClN8O2. The Kier molecular flexibility index (Phi) is 5.74. The van der Waals surface area contributed by atoms with Crippen LogP contribution < -0.4 is 16.7 Å². The number of halogens is 1. The number of nitrogens with zero attached hydrogens (tertiary/aromatic N) is 7. The third-order valence-corrected chi connectivity index (χ3v) is 5.80. The van der Waals surface area contributed by atoms with Crippen molar-refractivity contribution in [3.05, 3.63) is 80.3 Å². The molecule has 0 amide bonds. The van der Waals surface area contributed by atoms with E-state index in [-0.39, 0.29) is 12.2 Å². The van der Waals surface area contributed by atoms with Crippen molar-refractivity contribution in [1.29, 1.82) is 0 Å². The van der Waals surface area contributed by atoms with Crippen molar-refractivity contribution in [3.63, 3.8) is 0 Å². The number of hydrazone groups is 1. The van der Waals surface area contributed by atoms with Crippen LogP contribution >= 0.6 is 11.6 Å². The summed E-state index contributed by atoms with van der Waals surface area (Å²) in [5.41, 5.74) is 3.73. The number of anilines is 1. The molecule has 5 rings (SSSR count). The summed E-state index contributed by atoms with van der Waals surface area (Å²) in [5, 5.41) is 13.4. The highest BCUT2D eigenvalue weighted by Crippen LogP contribution is 2.30. The summed E-state index contributed by atoms with van der Waals surface area (Å²) in [6.07, 6.45) is 8.70. The van der Waals surface area contributed by atoms with Crippen molar-refractivity contribution in [2.75, 3.05) is 5.43 Å². The molecule has 10 nitrogen and oxygen atoms in total. The molecule has 0 atom stereocenters. The quantitative estimate of drug-likeness (QED) is 0.316. The highest BCUT2D eigenvalue weighted by Gasteiger charge is 2.24. The summed E-state index contributed by atoms with van der Waals surface area (Å²) >= 11 is 6.13. The fraction of sp³-hybridized carbons (Fsp3) is 0.273. The summed E-state index contributed by atoms with van der Waals surface area (Å²) in [6, 6.07) is 8.68. The van der Waals surface area contributed by atoms with E-state index >= 15 is 0 Å². The first-order valence-electron chi connectivity index (χ1n) is 10.6. The highest BCUT2D eigenvalue weighted by molar-refractivity contribution is 6.31. The minimum atomic E-state index is -0.397. The van der Waals surface area contributed by atoms with Crippen LogP contribution in [0.5, 0.6) is 0 Å². The summed E-state index contributed by atoms with van der Waals surface area (Å²) < 4.78 is 4.38. The maximum absolute atomic E-state index is 13.1. The van der Waals surface area contributed by atoms with E-state index in [1.165, 1.54) is 10.6 Å². The maximum atomic E-state index is 13.1. The topological polar surface area (TPSA) is 112 Å². The molecule has 11 heteroatoms. The number of fused-ring (bicyclic) bond motifs is 1. The fourth-order valence-electron chi connectivity index (χ4n) is 3.62. The van der Waals surface area contributed by atoms with Crippen LogP contribution in [-0.4, -0.2) is 35.3 Å². The molecule has 0 aliphatic heterocycles. The Hall–Kier alpha value is -3.79. The molecular weight excluding hydrogens is 444 g/mol. The molecule has 3 aromatic heterocycles. The predicted octanol–water partition coefficient (Wildman–Crippen LogP) is 2.36. The van der Waals surface area contributed by atoms with Crippen molar-refractivity contribution < 1.29 is 0 Å². The van der Waals surface area contributed by atoms with E-state index in [0.29, 0.717) is 29.8 Å². The van der Waals surface area contributed by atoms with E-state index in [9.17, 15) is 9.59 Å². The van der Waals surface area contributed by atoms with Gasteiger partial charge in [-0.2, -0.15) is 5.10 Å². The van der Waals surface area contributed by atoms with E-state index < -0.39 is 5.56 Å². The lowest BCUT2D eigenvalue weighted by Gasteiger charge is -2.14. The monoisotopic (exact) mass is 464 g/mol. The molecule has 1 aliphatic carbocycles. The van der Waals surface area contributed by atoms with Gasteiger partial charge in [0.05, 0.1) is 31.0 Å². The summed E-state index contributed by atoms with van der Waals surface area (Å²) in [4.78, 5) is 30.2. The van der Waals surface area contributed by atoms with E-state index in [1.54, 1.807) is 40.1 Å². The number of hydrogen-bond acceptors (Lipinski definition) is 7. The van der Waals surface area contributed by atoms with Gasteiger partial charge in [-0.3, -0.25) is 29.0 Å². The molecule has 0 spiro atoms. The summed E-state index contributed by atoms with van der Waals surface area (Å²) in [7, 11) is 0. The largest absolute Gasteiger partial charge is 0.332 e. The smallest absolute Gasteiger partial charge is 0.278 e. The van der Waals surface area contributed by atoms with Crippen molar-refractivity contribution >= 4 is 34.5 Å². The Morgan fingerprint density at radius 2 is 2.00 bits per heavy atom. The average Bonchev–Trinajstić information content (AvgIpc) is 3.48. The molecule has 1 fully saturated rings. The Bertz CT molecular complexity index is 1440. The molecule has 1 saturated carbocycles. The highest BCUT2D eigenvalue weighted by atomic mass is 35.5. The van der Waals surface area contributed by atoms with Gasteiger partial charge in [0.1, 0.15) is 5.82 Å². The molecule has 0 bridgehead atoms. The van der Waals surface area contributed by atoms with Crippen LogP contribution in [0.15, 0.2) is 63.6 Å². The van der Waals surface area contributed by atoms with Gasteiger partial charge in [-0.05, 0) is 43.0 Å². The number of aryl methyl sites for hydroxylation is 1. The van der Waals surface area contributed by atoms with Crippen LogP contribution in [0.4, 0.5) is 5.82 Å². The van der Waals surface area contributed by atoms with Gasteiger partial charge in [-0.1, -0.05) is 16.8 Å². The third kappa shape index (κ3) is 4.70. The third-order valence-electron chi connectivity index (χ3n) is 5.56. The number of pyridine rings is 1. The van der Waals surface area contributed by atoms with Gasteiger partial charge in [0, 0.05) is 41.0 Å². The van der Waals surface area contributed by atoms with Crippen LogP contribution in [0, 0.1) is 5.92 Å². The molecule has 4 aromatic rings. The normalized spacial score (nSPS) is 13.7. The first kappa shape index (κ1) is 21.1. The van der Waals surface area contributed by atoms with E-state index in [2.05, 4.69) is 25.8 Å². The van der Waals surface area contributed by atoms with E-state index in [4.69, 9.17) is 11.6 Å². The van der Waals surface area contributed by atoms with Gasteiger partial charge in [0.25, 0.3) is 5.56 Å². The Morgan fingerprint density at radius 1 is 1.12 bits per heavy atom. The van der Waals surface area contributed by atoms with Gasteiger partial charge in [0.15, 0.2) is 0 Å². The molecule has 0 radical (unpaired) electrons. The molecule has 3 heterocycles. The lowest BCUT2D eigenvalue weighted by molar-refractivity contribution is 0.472. The average molecular weight is 465 g/mol. The molecule has 0 unspecified atom stereocenters. The number of nitrogens with one attached hydrogen (secondary N) is 1. The maximum Gasteiger partial charge on any atom is 0.332 e. The van der Waals surface area contributed by atoms with Gasteiger partial charge < -0.3 is 0 Å². The standard InChI is InChI=1S/C22H21ClN8O2/c23-17-3-4-19-18(11-17)16(5-6-24-19)13-26-27-20-12-21(32)30(10-9-29-8-7-25-28-29)22(33)31(20)14-15-1-2-15/h3-8,11-13,15,27H,1-2,9-10,14H2/b26-13+. The Balaban J connectivity index is 1.43. The van der Waals surface area contributed by atoms with Crippen LogP contribution in [0.3, 0.4) is 0 Å². The molecule has 1 N–H and O–H groups in total. The van der Waals surface area contributed by atoms with Crippen molar-refractivity contribution in [1.82, 2.24) is 29.1 Å². The summed E-state index contributed by atoms with van der Waals surface area (Å²) in [5.74, 6) is 0.793. The number of rotatable bonds is 8. The van der Waals surface area contributed by atoms with E-state index in [0.717, 1.165) is 29.3 Å². The molecule has 0 saturated heterocycles. The molecule has 168 valence electrons. The van der Waals surface area contributed by atoms with Gasteiger partial charge in [-0.25, -0.2) is 4.79 Å². The number of aromatic nitrogens is 6. The van der Waals surface area contributed by atoms with Crippen LogP contribution in [-0.2, 0) is 19.6 Å². The second-order valence-electron chi connectivity index (χ2n) is 7.95. The number of hydrogen-bond donors (Lipinski definition) is 1. The van der Waals surface area contributed by atoms with E-state index in [1.807, 2.05) is 18.2 Å².